The summed E-state index contributed by atoms with van der Waals surface area (Å²) in [5, 5.41) is 12.8. The number of nitrogens with two attached hydrogens (primary N) is 1. The Balaban J connectivity index is 2.63. The van der Waals surface area contributed by atoms with Crippen LogP contribution in [-0.4, -0.2) is 23.2 Å². The molecule has 1 aromatic heterocycles. The number of benzene rings is 1. The van der Waals surface area contributed by atoms with Gasteiger partial charge in [-0.2, -0.15) is 0 Å². The molecular formula is C10H11ClN4O2S. The number of halogens is 1. The van der Waals surface area contributed by atoms with Crippen molar-refractivity contribution in [3.8, 4) is 11.4 Å². The molecule has 0 saturated heterocycles. The van der Waals surface area contributed by atoms with Gasteiger partial charge in [0.15, 0.2) is 5.82 Å². The Labute approximate surface area is 109 Å². The van der Waals surface area contributed by atoms with Crippen LogP contribution in [0.2, 0.25) is 5.02 Å². The minimum absolute atomic E-state index is 0.250. The van der Waals surface area contributed by atoms with Crippen molar-refractivity contribution in [2.24, 2.45) is 5.14 Å². The second kappa shape index (κ2) is 4.68. The molecule has 8 heteroatoms. The normalized spacial score (nSPS) is 11.7. The van der Waals surface area contributed by atoms with Crippen molar-refractivity contribution < 1.29 is 8.42 Å². The van der Waals surface area contributed by atoms with Crippen molar-refractivity contribution in [3.05, 3.63) is 29.3 Å². The van der Waals surface area contributed by atoms with Gasteiger partial charge in [-0.05, 0) is 19.1 Å². The first-order valence-electron chi connectivity index (χ1n) is 5.15. The zero-order valence-corrected chi connectivity index (χ0v) is 11.1. The summed E-state index contributed by atoms with van der Waals surface area (Å²) in [5.41, 5.74) is 0.687. The summed E-state index contributed by atoms with van der Waals surface area (Å²) in [4.78, 5) is 0. The molecule has 0 fully saturated rings. The fraction of sp³-hybridized carbons (Fsp3) is 0.200. The third-order valence-electron chi connectivity index (χ3n) is 2.37. The molecule has 0 aliphatic rings. The van der Waals surface area contributed by atoms with Crippen LogP contribution in [-0.2, 0) is 16.6 Å². The Morgan fingerprint density at radius 3 is 2.67 bits per heavy atom. The lowest BCUT2D eigenvalue weighted by Gasteiger charge is -2.06. The van der Waals surface area contributed by atoms with E-state index in [2.05, 4.69) is 10.2 Å². The van der Waals surface area contributed by atoms with Crippen molar-refractivity contribution in [2.45, 2.75) is 18.6 Å². The summed E-state index contributed by atoms with van der Waals surface area (Å²) < 4.78 is 24.1. The molecule has 1 aromatic carbocycles. The highest BCUT2D eigenvalue weighted by atomic mass is 35.5. The quantitative estimate of drug-likeness (QED) is 0.920. The Morgan fingerprint density at radius 2 is 2.11 bits per heavy atom. The van der Waals surface area contributed by atoms with Gasteiger partial charge in [0, 0.05) is 17.1 Å². The number of primary sulfonamides is 1. The summed E-state index contributed by atoms with van der Waals surface area (Å²) in [6, 6.07) is 6.93. The number of nitrogens with zero attached hydrogens (tertiary/aromatic N) is 3. The van der Waals surface area contributed by atoms with Crippen LogP contribution in [0, 0.1) is 0 Å². The second-order valence-corrected chi connectivity index (χ2v) is 5.50. The van der Waals surface area contributed by atoms with Gasteiger partial charge in [0.25, 0.3) is 15.2 Å². The Kier molecular flexibility index (Phi) is 3.38. The van der Waals surface area contributed by atoms with E-state index in [-0.39, 0.29) is 5.16 Å². The van der Waals surface area contributed by atoms with Crippen LogP contribution in [0.5, 0.6) is 0 Å². The lowest BCUT2D eigenvalue weighted by Crippen LogP contribution is -2.18. The molecular weight excluding hydrogens is 276 g/mol. The summed E-state index contributed by atoms with van der Waals surface area (Å²) in [6.45, 7) is 2.17. The standard InChI is InChI=1S/C10H11ClN4O2S/c1-2-15-9(7-4-3-5-8(11)6-7)13-14-10(15)18(12,16)17/h3-6H,2H2,1H3,(H2,12,16,17). The average Bonchev–Trinajstić information content (AvgIpc) is 2.72. The van der Waals surface area contributed by atoms with E-state index in [1.807, 2.05) is 0 Å². The number of aromatic nitrogens is 3. The van der Waals surface area contributed by atoms with Crippen LogP contribution >= 0.6 is 11.6 Å². The van der Waals surface area contributed by atoms with Crippen molar-refractivity contribution in [3.63, 3.8) is 0 Å². The van der Waals surface area contributed by atoms with E-state index < -0.39 is 10.0 Å². The van der Waals surface area contributed by atoms with Crippen molar-refractivity contribution in [1.29, 1.82) is 0 Å². The fourth-order valence-corrected chi connectivity index (χ4v) is 2.49. The van der Waals surface area contributed by atoms with E-state index >= 15 is 0 Å². The van der Waals surface area contributed by atoms with Gasteiger partial charge in [-0.3, -0.25) is 4.57 Å². The third kappa shape index (κ3) is 2.38. The summed E-state index contributed by atoms with van der Waals surface area (Å²) in [5.74, 6) is 0.420. The van der Waals surface area contributed by atoms with E-state index in [9.17, 15) is 8.42 Å². The predicted octanol–water partition coefficient (Wildman–Crippen LogP) is 1.27. The van der Waals surface area contributed by atoms with Crippen molar-refractivity contribution >= 4 is 21.6 Å². The maximum absolute atomic E-state index is 11.4. The molecule has 0 radical (unpaired) electrons. The summed E-state index contributed by atoms with van der Waals surface area (Å²) in [7, 11) is -3.89. The first-order valence-corrected chi connectivity index (χ1v) is 7.08. The number of hydrogen-bond acceptors (Lipinski definition) is 4. The first-order chi connectivity index (χ1) is 8.43. The maximum atomic E-state index is 11.4. The maximum Gasteiger partial charge on any atom is 0.273 e. The minimum Gasteiger partial charge on any atom is -0.297 e. The molecule has 2 rings (SSSR count). The van der Waals surface area contributed by atoms with Gasteiger partial charge in [0.1, 0.15) is 0 Å². The van der Waals surface area contributed by atoms with Gasteiger partial charge in [0.05, 0.1) is 0 Å². The van der Waals surface area contributed by atoms with Crippen LogP contribution in [0.1, 0.15) is 6.92 Å². The van der Waals surface area contributed by atoms with Crippen molar-refractivity contribution in [1.82, 2.24) is 14.8 Å². The third-order valence-corrected chi connectivity index (χ3v) is 3.42. The number of sulfonamides is 1. The molecule has 0 atom stereocenters. The molecule has 18 heavy (non-hydrogen) atoms. The minimum atomic E-state index is -3.89. The summed E-state index contributed by atoms with van der Waals surface area (Å²) in [6.07, 6.45) is 0. The molecule has 1 heterocycles. The highest BCUT2D eigenvalue weighted by molar-refractivity contribution is 7.89. The number of rotatable bonds is 3. The molecule has 0 saturated carbocycles. The SMILES string of the molecule is CCn1c(-c2cccc(Cl)c2)nnc1S(N)(=O)=O. The van der Waals surface area contributed by atoms with E-state index in [1.165, 1.54) is 4.57 Å². The lowest BCUT2D eigenvalue weighted by molar-refractivity contribution is 0.571. The first kappa shape index (κ1) is 13.0. The molecule has 6 nitrogen and oxygen atoms in total. The van der Waals surface area contributed by atoms with Crippen LogP contribution < -0.4 is 5.14 Å². The second-order valence-electron chi connectivity index (χ2n) is 3.61. The van der Waals surface area contributed by atoms with Gasteiger partial charge in [-0.1, -0.05) is 23.7 Å². The molecule has 0 unspecified atom stereocenters. The van der Waals surface area contributed by atoms with Gasteiger partial charge in [0.2, 0.25) is 0 Å². The molecule has 2 aromatic rings. The molecule has 2 N–H and O–H groups in total. The molecule has 96 valence electrons. The van der Waals surface area contributed by atoms with E-state index in [1.54, 1.807) is 31.2 Å². The highest BCUT2D eigenvalue weighted by Crippen LogP contribution is 2.22. The molecule has 0 bridgehead atoms. The topological polar surface area (TPSA) is 90.9 Å². The molecule has 0 aliphatic carbocycles. The zero-order chi connectivity index (χ0) is 13.3. The highest BCUT2D eigenvalue weighted by Gasteiger charge is 2.20. The van der Waals surface area contributed by atoms with Gasteiger partial charge in [-0.25, -0.2) is 13.6 Å². The van der Waals surface area contributed by atoms with Crippen LogP contribution in [0.3, 0.4) is 0 Å². The zero-order valence-electron chi connectivity index (χ0n) is 9.54. The Hall–Kier alpha value is -1.44. The molecule has 0 spiro atoms. The van der Waals surface area contributed by atoms with E-state index in [4.69, 9.17) is 16.7 Å². The van der Waals surface area contributed by atoms with Gasteiger partial charge < -0.3 is 0 Å². The average molecular weight is 287 g/mol. The monoisotopic (exact) mass is 286 g/mol. The van der Waals surface area contributed by atoms with Gasteiger partial charge in [-0.15, -0.1) is 10.2 Å². The van der Waals surface area contributed by atoms with Crippen LogP contribution in [0.15, 0.2) is 29.4 Å². The van der Waals surface area contributed by atoms with E-state index in [0.717, 1.165) is 0 Å². The van der Waals surface area contributed by atoms with Gasteiger partial charge >= 0.3 is 0 Å². The van der Waals surface area contributed by atoms with E-state index in [0.29, 0.717) is 23.0 Å². The number of hydrogen-bond donors (Lipinski definition) is 1. The van der Waals surface area contributed by atoms with Crippen LogP contribution in [0.25, 0.3) is 11.4 Å². The largest absolute Gasteiger partial charge is 0.297 e. The fourth-order valence-electron chi connectivity index (χ4n) is 1.63. The predicted molar refractivity (Wildman–Crippen MR) is 67.5 cm³/mol. The smallest absolute Gasteiger partial charge is 0.273 e. The Bertz CT molecular complexity index is 681. The van der Waals surface area contributed by atoms with Crippen LogP contribution in [0.4, 0.5) is 0 Å². The lowest BCUT2D eigenvalue weighted by atomic mass is 10.2. The molecule has 0 amide bonds. The Morgan fingerprint density at radius 1 is 1.39 bits per heavy atom. The molecule has 0 aliphatic heterocycles. The van der Waals surface area contributed by atoms with Crippen molar-refractivity contribution in [2.75, 3.05) is 0 Å². The summed E-state index contributed by atoms with van der Waals surface area (Å²) >= 11 is 5.89.